The third-order valence-corrected chi connectivity index (χ3v) is 10.9. The number of thioether (sulfide) groups is 1. The minimum Gasteiger partial charge on any atom is -0.462 e. The van der Waals surface area contributed by atoms with Gasteiger partial charge in [-0.1, -0.05) is 34.1 Å². The highest BCUT2D eigenvalue weighted by Crippen LogP contribution is 2.48. The molecule has 0 aromatic carbocycles. The van der Waals surface area contributed by atoms with Crippen LogP contribution in [0.15, 0.2) is 10.5 Å². The van der Waals surface area contributed by atoms with Gasteiger partial charge in [-0.15, -0.1) is 11.8 Å². The van der Waals surface area contributed by atoms with E-state index in [2.05, 4.69) is 33.9 Å². The molecule has 24 heavy (non-hydrogen) atoms. The van der Waals surface area contributed by atoms with Crippen molar-refractivity contribution < 1.29 is 19.1 Å². The van der Waals surface area contributed by atoms with Gasteiger partial charge >= 0.3 is 5.97 Å². The molecule has 0 radical (unpaired) electrons. The van der Waals surface area contributed by atoms with E-state index >= 15 is 0 Å². The van der Waals surface area contributed by atoms with E-state index in [9.17, 15) is 9.90 Å². The van der Waals surface area contributed by atoms with Crippen molar-refractivity contribution in [3.8, 4) is 0 Å². The lowest BCUT2D eigenvalue weighted by Crippen LogP contribution is -2.51. The molecule has 1 aliphatic rings. The van der Waals surface area contributed by atoms with Gasteiger partial charge in [0.15, 0.2) is 8.32 Å². The molecule has 0 saturated heterocycles. The Balaban J connectivity index is 3.27. The molecular formula is C18H34O4SSi. The Bertz CT molecular complexity index is 496. The molecule has 0 aromatic rings. The highest BCUT2D eigenvalue weighted by Gasteiger charge is 2.50. The zero-order valence-corrected chi connectivity index (χ0v) is 18.3. The Kier molecular flexibility index (Phi) is 7.19. The Morgan fingerprint density at radius 1 is 1.38 bits per heavy atom. The molecule has 6 heteroatoms. The highest BCUT2D eigenvalue weighted by atomic mass is 32.2. The van der Waals surface area contributed by atoms with Crippen LogP contribution in [0.5, 0.6) is 0 Å². The first-order chi connectivity index (χ1) is 10.9. The largest absolute Gasteiger partial charge is 0.462 e. The lowest BCUT2D eigenvalue weighted by Gasteiger charge is -2.44. The smallest absolute Gasteiger partial charge is 0.344 e. The maximum absolute atomic E-state index is 12.4. The topological polar surface area (TPSA) is 55.8 Å². The van der Waals surface area contributed by atoms with Crippen LogP contribution >= 0.6 is 11.8 Å². The number of carbonyl (C=O) groups excluding carboxylic acids is 1. The molecule has 0 fully saturated rings. The predicted octanol–water partition coefficient (Wildman–Crippen LogP) is 4.49. The first kappa shape index (κ1) is 21.7. The fourth-order valence-electron chi connectivity index (χ4n) is 2.69. The molecule has 0 spiro atoms. The van der Waals surface area contributed by atoms with Gasteiger partial charge in [0.25, 0.3) is 0 Å². The Hall–Kier alpha value is -0.303. The summed E-state index contributed by atoms with van der Waals surface area (Å²) in [6, 6.07) is 0. The van der Waals surface area contributed by atoms with Crippen molar-refractivity contribution in [2.24, 2.45) is 0 Å². The zero-order chi connectivity index (χ0) is 18.8. The summed E-state index contributed by atoms with van der Waals surface area (Å²) in [7, 11) is -2.05. The average Bonchev–Trinajstić information content (AvgIpc) is 2.74. The lowest BCUT2D eigenvalue weighted by molar-refractivity contribution is -0.137. The summed E-state index contributed by atoms with van der Waals surface area (Å²) in [5, 5.41) is 10.8. The van der Waals surface area contributed by atoms with Gasteiger partial charge in [0, 0.05) is 11.3 Å². The second-order valence-electron chi connectivity index (χ2n) is 8.15. The number of esters is 1. The van der Waals surface area contributed by atoms with E-state index in [1.807, 2.05) is 13.8 Å². The fraction of sp³-hybridized carbons (Fsp3) is 0.833. The first-order valence-electron chi connectivity index (χ1n) is 8.82. The molecule has 0 saturated carbocycles. The molecule has 4 nitrogen and oxygen atoms in total. The molecule has 140 valence electrons. The molecule has 2 atom stereocenters. The molecule has 2 unspecified atom stereocenters. The molecule has 0 aliphatic carbocycles. The van der Waals surface area contributed by atoms with Crippen molar-refractivity contribution in [2.75, 3.05) is 12.4 Å². The van der Waals surface area contributed by atoms with Crippen LogP contribution in [0.4, 0.5) is 0 Å². The fourth-order valence-corrected chi connectivity index (χ4v) is 5.73. The number of aliphatic hydroxyl groups is 1. The van der Waals surface area contributed by atoms with Gasteiger partial charge in [-0.2, -0.15) is 0 Å². The molecule has 0 bridgehead atoms. The molecule has 1 heterocycles. The van der Waals surface area contributed by atoms with Crippen LogP contribution in [0.3, 0.4) is 0 Å². The predicted molar refractivity (Wildman–Crippen MR) is 104 cm³/mol. The third kappa shape index (κ3) is 4.65. The van der Waals surface area contributed by atoms with E-state index in [1.165, 1.54) is 11.8 Å². The standard InChI is InChI=1S/C18H34O4SSi/c1-9-11-13(19)14-15(16(20)21-10-2)23-12-18(14,6)22-24(7,8)17(3,4)5/h13,19H,9-12H2,1-8H3. The number of ether oxygens (including phenoxy) is 1. The Labute approximate surface area is 152 Å². The van der Waals surface area contributed by atoms with E-state index < -0.39 is 20.0 Å². The Morgan fingerprint density at radius 3 is 2.42 bits per heavy atom. The van der Waals surface area contributed by atoms with Crippen LogP contribution in [0.2, 0.25) is 18.1 Å². The molecular weight excluding hydrogens is 340 g/mol. The van der Waals surface area contributed by atoms with Gasteiger partial charge in [0.1, 0.15) is 0 Å². The highest BCUT2D eigenvalue weighted by molar-refractivity contribution is 8.04. The lowest BCUT2D eigenvalue weighted by atomic mass is 9.90. The van der Waals surface area contributed by atoms with Crippen LogP contribution in [0, 0.1) is 0 Å². The summed E-state index contributed by atoms with van der Waals surface area (Å²) in [6.07, 6.45) is 0.802. The maximum Gasteiger partial charge on any atom is 0.344 e. The average molecular weight is 375 g/mol. The van der Waals surface area contributed by atoms with E-state index in [0.717, 1.165) is 12.0 Å². The summed E-state index contributed by atoms with van der Waals surface area (Å²) in [6.45, 7) is 17.2. The number of carbonyl (C=O) groups is 1. The molecule has 0 amide bonds. The van der Waals surface area contributed by atoms with E-state index in [0.29, 0.717) is 23.7 Å². The summed E-state index contributed by atoms with van der Waals surface area (Å²) in [5.74, 6) is 0.305. The minimum absolute atomic E-state index is 0.0637. The monoisotopic (exact) mass is 374 g/mol. The van der Waals surface area contributed by atoms with Crippen LogP contribution in [-0.2, 0) is 14.0 Å². The van der Waals surface area contributed by atoms with E-state index in [1.54, 1.807) is 6.92 Å². The van der Waals surface area contributed by atoms with Crippen molar-refractivity contribution >= 4 is 26.0 Å². The number of hydrogen-bond donors (Lipinski definition) is 1. The minimum atomic E-state index is -2.05. The van der Waals surface area contributed by atoms with Gasteiger partial charge in [-0.05, 0) is 38.4 Å². The van der Waals surface area contributed by atoms with Crippen LogP contribution in [0.1, 0.15) is 54.4 Å². The summed E-state index contributed by atoms with van der Waals surface area (Å²) in [5.41, 5.74) is 0.0993. The second kappa shape index (κ2) is 7.93. The summed E-state index contributed by atoms with van der Waals surface area (Å²) < 4.78 is 11.9. The zero-order valence-electron chi connectivity index (χ0n) is 16.5. The van der Waals surface area contributed by atoms with Crippen molar-refractivity contribution in [3.63, 3.8) is 0 Å². The van der Waals surface area contributed by atoms with Crippen molar-refractivity contribution in [1.29, 1.82) is 0 Å². The number of aliphatic hydroxyl groups excluding tert-OH is 1. The van der Waals surface area contributed by atoms with Crippen LogP contribution in [0.25, 0.3) is 0 Å². The van der Waals surface area contributed by atoms with E-state index in [4.69, 9.17) is 9.16 Å². The number of hydrogen-bond acceptors (Lipinski definition) is 5. The second-order valence-corrected chi connectivity index (χ2v) is 13.9. The maximum atomic E-state index is 12.4. The Morgan fingerprint density at radius 2 is 1.96 bits per heavy atom. The summed E-state index contributed by atoms with van der Waals surface area (Å²) in [4.78, 5) is 12.9. The van der Waals surface area contributed by atoms with Crippen LogP contribution in [-0.4, -0.2) is 43.5 Å². The quantitative estimate of drug-likeness (QED) is 0.525. The molecule has 1 N–H and O–H groups in total. The van der Waals surface area contributed by atoms with Gasteiger partial charge in [0.2, 0.25) is 0 Å². The van der Waals surface area contributed by atoms with Gasteiger partial charge < -0.3 is 14.3 Å². The normalized spacial score (nSPS) is 23.5. The van der Waals surface area contributed by atoms with Crippen LogP contribution < -0.4 is 0 Å². The van der Waals surface area contributed by atoms with Crippen molar-refractivity contribution in [1.82, 2.24) is 0 Å². The SMILES string of the molecule is CCCC(O)C1=C(C(=O)OCC)SCC1(C)O[Si](C)(C)C(C)(C)C. The van der Waals surface area contributed by atoms with Gasteiger partial charge in [-0.3, -0.25) is 0 Å². The number of rotatable bonds is 7. The summed E-state index contributed by atoms with van der Waals surface area (Å²) >= 11 is 1.45. The van der Waals surface area contributed by atoms with Gasteiger partial charge in [-0.25, -0.2) is 4.79 Å². The first-order valence-corrected chi connectivity index (χ1v) is 12.7. The van der Waals surface area contributed by atoms with E-state index in [-0.39, 0.29) is 11.0 Å². The molecule has 1 aliphatic heterocycles. The van der Waals surface area contributed by atoms with Gasteiger partial charge in [0.05, 0.1) is 23.2 Å². The molecule has 1 rings (SSSR count). The van der Waals surface area contributed by atoms with Crippen molar-refractivity contribution in [2.45, 2.75) is 84.2 Å². The third-order valence-electron chi connectivity index (χ3n) is 4.95. The molecule has 0 aromatic heterocycles. The van der Waals surface area contributed by atoms with Crippen molar-refractivity contribution in [3.05, 3.63) is 10.5 Å².